The zero-order chi connectivity index (χ0) is 24.5. The number of aromatic nitrogens is 3. The van der Waals surface area contributed by atoms with Gasteiger partial charge >= 0.3 is 0 Å². The van der Waals surface area contributed by atoms with Gasteiger partial charge in [-0.1, -0.05) is 30.0 Å². The third-order valence-electron chi connectivity index (χ3n) is 6.70. The number of H-pyrrole nitrogens is 1. The summed E-state index contributed by atoms with van der Waals surface area (Å²) in [5.74, 6) is 2.93. The van der Waals surface area contributed by atoms with Crippen LogP contribution in [0.4, 0.5) is 0 Å². The fourth-order valence-electron chi connectivity index (χ4n) is 4.93. The second-order valence-electron chi connectivity index (χ2n) is 8.78. The van der Waals surface area contributed by atoms with Crippen LogP contribution in [0.3, 0.4) is 0 Å². The van der Waals surface area contributed by atoms with Crippen LogP contribution in [0.25, 0.3) is 22.4 Å². The molecule has 0 spiro atoms. The SMILES string of the molecule is COc1ccc2[nH]c3c(c2c1)CC[NH2+][C@@H]3c1ccc(OC)c(CSc2nnc(-c3ccccc3)o2)c1. The predicted octanol–water partition coefficient (Wildman–Crippen LogP) is 4.74. The fraction of sp³-hybridized carbons (Fsp3) is 0.214. The van der Waals surface area contributed by atoms with E-state index in [1.807, 2.05) is 36.4 Å². The highest BCUT2D eigenvalue weighted by Crippen LogP contribution is 2.35. The highest BCUT2D eigenvalue weighted by Gasteiger charge is 2.29. The average molecular weight is 500 g/mol. The van der Waals surface area contributed by atoms with Crippen molar-refractivity contribution >= 4 is 22.7 Å². The fourth-order valence-corrected chi connectivity index (χ4v) is 5.68. The minimum Gasteiger partial charge on any atom is -0.497 e. The number of rotatable bonds is 7. The number of fused-ring (bicyclic) bond motifs is 3. The second-order valence-corrected chi connectivity index (χ2v) is 9.71. The van der Waals surface area contributed by atoms with E-state index >= 15 is 0 Å². The monoisotopic (exact) mass is 499 g/mol. The first-order valence-electron chi connectivity index (χ1n) is 11.9. The molecule has 0 saturated carbocycles. The summed E-state index contributed by atoms with van der Waals surface area (Å²) in [5, 5.41) is 12.6. The van der Waals surface area contributed by atoms with Crippen molar-refractivity contribution in [1.82, 2.24) is 15.2 Å². The molecule has 2 aromatic heterocycles. The Morgan fingerprint density at radius 1 is 1.03 bits per heavy atom. The number of hydrogen-bond acceptors (Lipinski definition) is 6. The first kappa shape index (κ1) is 22.7. The Morgan fingerprint density at radius 3 is 2.75 bits per heavy atom. The number of aromatic amines is 1. The molecule has 7 nitrogen and oxygen atoms in total. The van der Waals surface area contributed by atoms with Gasteiger partial charge in [0.25, 0.3) is 5.22 Å². The Labute approximate surface area is 213 Å². The van der Waals surface area contributed by atoms with Crippen LogP contribution >= 0.6 is 11.8 Å². The number of benzene rings is 3. The van der Waals surface area contributed by atoms with E-state index in [0.717, 1.165) is 41.1 Å². The van der Waals surface area contributed by atoms with Crippen molar-refractivity contribution in [3.8, 4) is 23.0 Å². The lowest BCUT2D eigenvalue weighted by atomic mass is 9.93. The summed E-state index contributed by atoms with van der Waals surface area (Å²) in [6.07, 6.45) is 1.03. The Bertz CT molecular complexity index is 1510. The Balaban J connectivity index is 1.27. The molecule has 0 fully saturated rings. The van der Waals surface area contributed by atoms with Gasteiger partial charge in [-0.05, 0) is 54.1 Å². The summed E-state index contributed by atoms with van der Waals surface area (Å²) in [6, 6.07) is 22.7. The molecule has 3 aromatic carbocycles. The van der Waals surface area contributed by atoms with Crippen molar-refractivity contribution in [1.29, 1.82) is 0 Å². The smallest absolute Gasteiger partial charge is 0.277 e. The van der Waals surface area contributed by atoms with Gasteiger partial charge in [0.15, 0.2) is 6.04 Å². The number of methoxy groups -OCH3 is 2. The van der Waals surface area contributed by atoms with E-state index in [1.165, 1.54) is 34.0 Å². The molecule has 3 N–H and O–H groups in total. The van der Waals surface area contributed by atoms with Gasteiger partial charge in [-0.15, -0.1) is 10.2 Å². The van der Waals surface area contributed by atoms with Gasteiger partial charge in [-0.25, -0.2) is 0 Å². The Kier molecular flexibility index (Phi) is 6.13. The molecule has 0 aliphatic carbocycles. The Morgan fingerprint density at radius 2 is 1.92 bits per heavy atom. The maximum Gasteiger partial charge on any atom is 0.277 e. The quantitative estimate of drug-likeness (QED) is 0.315. The Hall–Kier alpha value is -3.75. The second kappa shape index (κ2) is 9.72. The van der Waals surface area contributed by atoms with Gasteiger partial charge < -0.3 is 24.2 Å². The topological polar surface area (TPSA) is 89.8 Å². The van der Waals surface area contributed by atoms with Crippen molar-refractivity contribution in [2.75, 3.05) is 20.8 Å². The van der Waals surface area contributed by atoms with Crippen molar-refractivity contribution in [3.05, 3.63) is 89.1 Å². The molecule has 0 amide bonds. The zero-order valence-corrected chi connectivity index (χ0v) is 21.0. The summed E-state index contributed by atoms with van der Waals surface area (Å²) >= 11 is 1.52. The number of nitrogens with one attached hydrogen (secondary N) is 1. The summed E-state index contributed by atoms with van der Waals surface area (Å²) in [7, 11) is 3.42. The van der Waals surface area contributed by atoms with Gasteiger partial charge in [0.1, 0.15) is 11.5 Å². The van der Waals surface area contributed by atoms with Gasteiger partial charge in [-0.3, -0.25) is 0 Å². The van der Waals surface area contributed by atoms with Crippen LogP contribution in [0.5, 0.6) is 11.5 Å². The van der Waals surface area contributed by atoms with E-state index in [2.05, 4.69) is 50.8 Å². The van der Waals surface area contributed by atoms with Crippen LogP contribution in [0, 0.1) is 0 Å². The predicted molar refractivity (Wildman–Crippen MR) is 139 cm³/mol. The maximum absolute atomic E-state index is 5.89. The van der Waals surface area contributed by atoms with Crippen LogP contribution < -0.4 is 14.8 Å². The van der Waals surface area contributed by atoms with Crippen molar-refractivity contribution in [2.24, 2.45) is 0 Å². The van der Waals surface area contributed by atoms with Crippen LogP contribution in [0.1, 0.15) is 28.4 Å². The standard InChI is InChI=1S/C28H26N4O3S/c1-33-20-9-10-23-22(15-20)21-12-13-29-25(26(21)30-23)18-8-11-24(34-2)19(14-18)16-36-28-32-31-27(35-28)17-6-4-3-5-7-17/h3-11,14-15,25,29-30H,12-13,16H2,1-2H3/p+1/t25-/m1/s1. The minimum absolute atomic E-state index is 0.190. The highest BCUT2D eigenvalue weighted by atomic mass is 32.2. The molecule has 0 bridgehead atoms. The summed E-state index contributed by atoms with van der Waals surface area (Å²) in [5.41, 5.74) is 7.03. The molecule has 5 aromatic rings. The average Bonchev–Trinajstić information content (AvgIpc) is 3.56. The van der Waals surface area contributed by atoms with Crippen LogP contribution in [0.15, 0.2) is 76.4 Å². The van der Waals surface area contributed by atoms with Gasteiger partial charge in [0, 0.05) is 39.8 Å². The van der Waals surface area contributed by atoms with E-state index in [1.54, 1.807) is 14.2 Å². The molecule has 0 radical (unpaired) electrons. The van der Waals surface area contributed by atoms with Crippen LogP contribution in [0.2, 0.25) is 0 Å². The van der Waals surface area contributed by atoms with Crippen molar-refractivity contribution < 1.29 is 19.2 Å². The molecule has 1 aliphatic rings. The number of thioether (sulfide) groups is 1. The molecule has 1 atom stereocenters. The third-order valence-corrected chi connectivity index (χ3v) is 7.56. The molecule has 0 saturated heterocycles. The van der Waals surface area contributed by atoms with Gasteiger partial charge in [0.05, 0.1) is 26.5 Å². The first-order valence-corrected chi connectivity index (χ1v) is 12.9. The minimum atomic E-state index is 0.190. The summed E-state index contributed by atoms with van der Waals surface area (Å²) in [4.78, 5) is 3.68. The van der Waals surface area contributed by atoms with E-state index in [0.29, 0.717) is 16.9 Å². The molecule has 1 aliphatic heterocycles. The van der Waals surface area contributed by atoms with E-state index in [-0.39, 0.29) is 6.04 Å². The molecule has 6 rings (SSSR count). The van der Waals surface area contributed by atoms with E-state index in [9.17, 15) is 0 Å². The lowest BCUT2D eigenvalue weighted by Crippen LogP contribution is -2.87. The van der Waals surface area contributed by atoms with E-state index in [4.69, 9.17) is 13.9 Å². The number of nitrogens with zero attached hydrogens (tertiary/aromatic N) is 2. The lowest BCUT2D eigenvalue weighted by molar-refractivity contribution is -0.690. The third kappa shape index (κ3) is 4.23. The summed E-state index contributed by atoms with van der Waals surface area (Å²) in [6.45, 7) is 1.03. The van der Waals surface area contributed by atoms with Gasteiger partial charge in [-0.2, -0.15) is 0 Å². The molecule has 8 heteroatoms. The number of hydrogen-bond donors (Lipinski definition) is 2. The summed E-state index contributed by atoms with van der Waals surface area (Å²) < 4.78 is 17.0. The maximum atomic E-state index is 5.89. The normalized spacial score (nSPS) is 15.1. The lowest BCUT2D eigenvalue weighted by Gasteiger charge is -2.22. The van der Waals surface area contributed by atoms with E-state index < -0.39 is 0 Å². The zero-order valence-electron chi connectivity index (χ0n) is 20.2. The largest absolute Gasteiger partial charge is 0.497 e. The van der Waals surface area contributed by atoms with Gasteiger partial charge in [0.2, 0.25) is 5.89 Å². The van der Waals surface area contributed by atoms with Crippen molar-refractivity contribution in [2.45, 2.75) is 23.4 Å². The number of nitrogens with two attached hydrogens (primary N) is 1. The van der Waals surface area contributed by atoms with Crippen LogP contribution in [-0.4, -0.2) is 35.9 Å². The highest BCUT2D eigenvalue weighted by molar-refractivity contribution is 7.98. The number of quaternary nitrogens is 1. The molecule has 0 unspecified atom stereocenters. The molecular weight excluding hydrogens is 472 g/mol. The van der Waals surface area contributed by atoms with Crippen LogP contribution in [-0.2, 0) is 12.2 Å². The first-order chi connectivity index (χ1) is 17.7. The molecule has 36 heavy (non-hydrogen) atoms. The number of ether oxygens (including phenoxy) is 2. The molecular formula is C28H27N4O3S+. The molecule has 3 heterocycles. The molecule has 182 valence electrons. The van der Waals surface area contributed by atoms with Crippen molar-refractivity contribution in [3.63, 3.8) is 0 Å².